The zero-order chi connectivity index (χ0) is 11.9. The molecule has 1 aromatic heterocycles. The first-order chi connectivity index (χ1) is 8.23. The molecule has 0 radical (unpaired) electrons. The van der Waals surface area contributed by atoms with E-state index in [1.807, 2.05) is 6.07 Å². The van der Waals surface area contributed by atoms with Crippen molar-refractivity contribution in [3.63, 3.8) is 0 Å². The van der Waals surface area contributed by atoms with Gasteiger partial charge in [0, 0.05) is 22.7 Å². The Morgan fingerprint density at radius 1 is 1.47 bits per heavy atom. The summed E-state index contributed by atoms with van der Waals surface area (Å²) in [5, 5.41) is 0. The average molecular weight is 252 g/mol. The molecule has 2 bridgehead atoms. The molecule has 1 spiro atoms. The maximum Gasteiger partial charge on any atom is 0.306 e. The predicted molar refractivity (Wildman–Crippen MR) is 64.5 cm³/mol. The van der Waals surface area contributed by atoms with Gasteiger partial charge >= 0.3 is 5.97 Å². The van der Waals surface area contributed by atoms with Crippen LogP contribution >= 0.6 is 0 Å². The number of fused-ring (bicyclic) bond motifs is 3. The normalized spacial score (nSPS) is 25.8. The summed E-state index contributed by atoms with van der Waals surface area (Å²) in [5.74, 6) is 2.43. The first kappa shape index (κ1) is 10.9. The number of carbonyl (C=O) groups excluding carboxylic acids is 1. The van der Waals surface area contributed by atoms with Crippen molar-refractivity contribution < 1.29 is 18.7 Å². The smallest absolute Gasteiger partial charge is 0.306 e. The molecule has 2 aliphatic rings. The first-order valence-electron chi connectivity index (χ1n) is 6.15. The zero-order valence-electron chi connectivity index (χ0n) is 9.95. The number of rotatable bonds is 4. The molecule has 4 nitrogen and oxygen atoms in total. The zero-order valence-corrected chi connectivity index (χ0v) is 12.0. The van der Waals surface area contributed by atoms with Gasteiger partial charge in [-0.2, -0.15) is 0 Å². The molecule has 92 valence electrons. The number of ether oxygens (including phenoxy) is 2. The van der Waals surface area contributed by atoms with Crippen LogP contribution < -0.4 is 4.74 Å². The van der Waals surface area contributed by atoms with Crippen LogP contribution in [0.5, 0.6) is 5.75 Å². The van der Waals surface area contributed by atoms with Gasteiger partial charge in [-0.05, 0) is 6.42 Å². The van der Waals surface area contributed by atoms with Crippen LogP contribution in [0.15, 0.2) is 10.5 Å². The molecule has 0 aromatic carbocycles. The second-order valence-corrected chi connectivity index (χ2v) is 5.90. The van der Waals surface area contributed by atoms with Crippen LogP contribution in [0.1, 0.15) is 24.4 Å². The topological polar surface area (TPSA) is 48.7 Å². The summed E-state index contributed by atoms with van der Waals surface area (Å²) in [6.07, 6.45) is 2.30. The molecule has 0 amide bonds. The van der Waals surface area contributed by atoms with E-state index < -0.39 is 0 Å². The molecule has 17 heavy (non-hydrogen) atoms. The summed E-state index contributed by atoms with van der Waals surface area (Å²) in [6, 6.07) is 3.20. The van der Waals surface area contributed by atoms with Crippen molar-refractivity contribution in [3.8, 4) is 5.75 Å². The second kappa shape index (κ2) is 3.91. The summed E-state index contributed by atoms with van der Waals surface area (Å²) in [7, 11) is 1.21. The summed E-state index contributed by atoms with van der Waals surface area (Å²) in [6.45, 7) is 1.17. The molecular formula is C12H16O4Si. The summed E-state index contributed by atoms with van der Waals surface area (Å²) in [5.41, 5.74) is -0.253. The highest BCUT2D eigenvalue weighted by atomic mass is 28.1. The Morgan fingerprint density at radius 2 is 2.35 bits per heavy atom. The van der Waals surface area contributed by atoms with Gasteiger partial charge in [-0.25, -0.2) is 0 Å². The SMILES string of the molecule is O=C1CC2(CO1)Cc1cc(OCCC[SiH3])c2o1. The quantitative estimate of drug-likeness (QED) is 0.447. The van der Waals surface area contributed by atoms with E-state index >= 15 is 0 Å². The highest BCUT2D eigenvalue weighted by Crippen LogP contribution is 2.49. The molecule has 1 unspecified atom stereocenters. The minimum absolute atomic E-state index is 0.131. The molecule has 1 fully saturated rings. The van der Waals surface area contributed by atoms with Crippen molar-refractivity contribution in [2.45, 2.75) is 30.7 Å². The molecule has 0 N–H and O–H groups in total. The highest BCUT2D eigenvalue weighted by Gasteiger charge is 2.51. The number of esters is 1. The largest absolute Gasteiger partial charge is 0.490 e. The first-order valence-corrected chi connectivity index (χ1v) is 7.56. The third kappa shape index (κ3) is 1.69. The van der Waals surface area contributed by atoms with Crippen LogP contribution in [0.2, 0.25) is 6.04 Å². The fourth-order valence-corrected chi connectivity index (χ4v) is 2.87. The fourth-order valence-electron chi connectivity index (χ4n) is 2.58. The van der Waals surface area contributed by atoms with E-state index in [9.17, 15) is 4.79 Å². The molecule has 1 saturated heterocycles. The van der Waals surface area contributed by atoms with Crippen LogP contribution in [0.25, 0.3) is 0 Å². The number of hydrogen-bond acceptors (Lipinski definition) is 4. The standard InChI is InChI=1S/C12H16O4Si/c13-10-6-12(7-15-10)5-8-4-9(11(12)16-8)14-2-1-3-17/h4H,1-3,5-7H2,17H3. The Hall–Kier alpha value is -1.23. The van der Waals surface area contributed by atoms with Gasteiger partial charge in [0.2, 0.25) is 0 Å². The van der Waals surface area contributed by atoms with Gasteiger partial charge < -0.3 is 13.9 Å². The van der Waals surface area contributed by atoms with Gasteiger partial charge in [-0.3, -0.25) is 4.79 Å². The molecule has 1 atom stereocenters. The Labute approximate surface area is 103 Å². The second-order valence-electron chi connectivity index (χ2n) is 4.90. The van der Waals surface area contributed by atoms with Crippen LogP contribution in [-0.4, -0.2) is 29.4 Å². The Bertz CT molecular complexity index is 453. The number of hydrogen-bond donors (Lipinski definition) is 0. The van der Waals surface area contributed by atoms with Crippen molar-refractivity contribution in [1.29, 1.82) is 0 Å². The molecule has 0 aliphatic carbocycles. The van der Waals surface area contributed by atoms with Crippen molar-refractivity contribution in [2.24, 2.45) is 0 Å². The molecule has 3 rings (SSSR count). The van der Waals surface area contributed by atoms with Crippen molar-refractivity contribution in [2.75, 3.05) is 13.2 Å². The minimum Gasteiger partial charge on any atom is -0.490 e. The third-order valence-corrected chi connectivity index (χ3v) is 4.20. The lowest BCUT2D eigenvalue weighted by Crippen LogP contribution is -2.27. The molecule has 3 heterocycles. The van der Waals surface area contributed by atoms with Gasteiger partial charge in [0.15, 0.2) is 11.5 Å². The Balaban J connectivity index is 1.79. The predicted octanol–water partition coefficient (Wildman–Crippen LogP) is 0.573. The summed E-state index contributed by atoms with van der Waals surface area (Å²) in [4.78, 5) is 11.3. The lowest BCUT2D eigenvalue weighted by Gasteiger charge is -2.20. The highest BCUT2D eigenvalue weighted by molar-refractivity contribution is 6.08. The van der Waals surface area contributed by atoms with Crippen LogP contribution in [0.4, 0.5) is 0 Å². The van der Waals surface area contributed by atoms with E-state index in [2.05, 4.69) is 0 Å². The number of furan rings is 1. The molecule has 2 aliphatic heterocycles. The maximum atomic E-state index is 11.3. The van der Waals surface area contributed by atoms with E-state index in [1.54, 1.807) is 0 Å². The fraction of sp³-hybridized carbons (Fsp3) is 0.583. The monoisotopic (exact) mass is 252 g/mol. The van der Waals surface area contributed by atoms with E-state index in [-0.39, 0.29) is 11.4 Å². The summed E-state index contributed by atoms with van der Waals surface area (Å²) < 4.78 is 16.5. The summed E-state index contributed by atoms with van der Waals surface area (Å²) >= 11 is 0. The van der Waals surface area contributed by atoms with Gasteiger partial charge in [0.25, 0.3) is 0 Å². The lowest BCUT2D eigenvalue weighted by molar-refractivity contribution is -0.137. The number of cyclic esters (lactones) is 1. The molecular weight excluding hydrogens is 236 g/mol. The van der Waals surface area contributed by atoms with E-state index in [0.29, 0.717) is 13.0 Å². The van der Waals surface area contributed by atoms with E-state index in [1.165, 1.54) is 16.3 Å². The average Bonchev–Trinajstić information content (AvgIpc) is 2.94. The van der Waals surface area contributed by atoms with Gasteiger partial charge in [-0.1, -0.05) is 6.04 Å². The Morgan fingerprint density at radius 3 is 3.00 bits per heavy atom. The van der Waals surface area contributed by atoms with Gasteiger partial charge in [0.1, 0.15) is 12.4 Å². The van der Waals surface area contributed by atoms with Crippen LogP contribution in [-0.2, 0) is 21.4 Å². The lowest BCUT2D eigenvalue weighted by atomic mass is 9.79. The van der Waals surface area contributed by atoms with Crippen molar-refractivity contribution >= 4 is 16.2 Å². The van der Waals surface area contributed by atoms with Crippen molar-refractivity contribution in [3.05, 3.63) is 17.6 Å². The van der Waals surface area contributed by atoms with Crippen molar-refractivity contribution in [1.82, 2.24) is 0 Å². The van der Waals surface area contributed by atoms with Crippen LogP contribution in [0, 0.1) is 0 Å². The van der Waals surface area contributed by atoms with Crippen LogP contribution in [0.3, 0.4) is 0 Å². The maximum absolute atomic E-state index is 11.3. The molecule has 1 aromatic rings. The van der Waals surface area contributed by atoms with E-state index in [0.717, 1.165) is 36.7 Å². The number of carbonyl (C=O) groups is 1. The van der Waals surface area contributed by atoms with Gasteiger partial charge in [0.05, 0.1) is 18.4 Å². The third-order valence-electron chi connectivity index (χ3n) is 3.49. The Kier molecular flexibility index (Phi) is 2.50. The minimum atomic E-state index is -0.253. The van der Waals surface area contributed by atoms with Gasteiger partial charge in [-0.15, -0.1) is 0 Å². The van der Waals surface area contributed by atoms with E-state index in [4.69, 9.17) is 13.9 Å². The molecule has 5 heteroatoms. The molecule has 0 saturated carbocycles.